The Morgan fingerprint density at radius 3 is 2.17 bits per heavy atom. The lowest BCUT2D eigenvalue weighted by Gasteiger charge is -2.14. The molecule has 0 radical (unpaired) electrons. The highest BCUT2D eigenvalue weighted by Crippen LogP contribution is 2.34. The number of hydrogen-bond acceptors (Lipinski definition) is 2. The van der Waals surface area contributed by atoms with Crippen LogP contribution in [-0.2, 0) is 6.54 Å². The Morgan fingerprint density at radius 2 is 1.46 bits per heavy atom. The van der Waals surface area contributed by atoms with E-state index in [2.05, 4.69) is 26.6 Å². The Bertz CT molecular complexity index is 821. The zero-order valence-electron chi connectivity index (χ0n) is 12.7. The Balaban J connectivity index is 1.80. The Hall–Kier alpha value is -2.40. The second-order valence-corrected chi connectivity index (χ2v) is 6.08. The van der Waals surface area contributed by atoms with Gasteiger partial charge in [0.2, 0.25) is 0 Å². The van der Waals surface area contributed by atoms with Crippen molar-refractivity contribution >= 4 is 33.0 Å². The molecule has 5 heteroatoms. The van der Waals surface area contributed by atoms with Crippen molar-refractivity contribution in [2.75, 3.05) is 10.6 Å². The molecule has 0 aliphatic heterocycles. The highest BCUT2D eigenvalue weighted by Gasteiger charge is 2.09. The van der Waals surface area contributed by atoms with Crippen LogP contribution >= 0.6 is 15.9 Å². The third-order valence-corrected chi connectivity index (χ3v) is 4.34. The first-order valence-corrected chi connectivity index (χ1v) is 8.20. The van der Waals surface area contributed by atoms with E-state index in [1.54, 1.807) is 12.1 Å². The minimum absolute atomic E-state index is 0.316. The molecule has 2 nitrogen and oxygen atoms in total. The average Bonchev–Trinajstić information content (AvgIpc) is 2.59. The molecule has 24 heavy (non-hydrogen) atoms. The zero-order valence-corrected chi connectivity index (χ0v) is 14.3. The maximum atomic E-state index is 13.9. The molecule has 0 spiro atoms. The summed E-state index contributed by atoms with van der Waals surface area (Å²) in [6.07, 6.45) is 0. The van der Waals surface area contributed by atoms with Gasteiger partial charge >= 0.3 is 0 Å². The average molecular weight is 389 g/mol. The van der Waals surface area contributed by atoms with Gasteiger partial charge in [0.15, 0.2) is 0 Å². The molecule has 3 aromatic carbocycles. The summed E-state index contributed by atoms with van der Waals surface area (Å²) < 4.78 is 27.6. The molecule has 0 unspecified atom stereocenters. The Morgan fingerprint density at radius 1 is 0.792 bits per heavy atom. The van der Waals surface area contributed by atoms with Crippen LogP contribution < -0.4 is 10.6 Å². The van der Waals surface area contributed by atoms with Crippen molar-refractivity contribution in [3.63, 3.8) is 0 Å². The third kappa shape index (κ3) is 4.11. The van der Waals surface area contributed by atoms with Gasteiger partial charge < -0.3 is 10.6 Å². The predicted molar refractivity (Wildman–Crippen MR) is 97.6 cm³/mol. The lowest BCUT2D eigenvalue weighted by molar-refractivity contribution is 0.627. The topological polar surface area (TPSA) is 24.1 Å². The molecular weight excluding hydrogens is 374 g/mol. The highest BCUT2D eigenvalue weighted by atomic mass is 79.9. The first-order valence-electron chi connectivity index (χ1n) is 7.41. The molecule has 122 valence electrons. The predicted octanol–water partition coefficient (Wildman–Crippen LogP) is 6.08. The van der Waals surface area contributed by atoms with Crippen molar-refractivity contribution in [2.45, 2.75) is 6.54 Å². The second kappa shape index (κ2) is 7.45. The van der Waals surface area contributed by atoms with Crippen molar-refractivity contribution in [3.05, 3.63) is 88.4 Å². The van der Waals surface area contributed by atoms with Gasteiger partial charge in [-0.05, 0) is 57.9 Å². The molecule has 0 saturated carbocycles. The van der Waals surface area contributed by atoms with E-state index in [1.807, 2.05) is 30.3 Å². The van der Waals surface area contributed by atoms with E-state index >= 15 is 0 Å². The van der Waals surface area contributed by atoms with Gasteiger partial charge in [0.05, 0.1) is 15.8 Å². The van der Waals surface area contributed by atoms with Crippen LogP contribution in [0, 0.1) is 11.6 Å². The van der Waals surface area contributed by atoms with Crippen LogP contribution in [0.25, 0.3) is 0 Å². The van der Waals surface area contributed by atoms with E-state index in [4.69, 9.17) is 0 Å². The summed E-state index contributed by atoms with van der Waals surface area (Å²) in [5, 5.41) is 6.30. The monoisotopic (exact) mass is 388 g/mol. The lowest BCUT2D eigenvalue weighted by Crippen LogP contribution is -2.02. The fourth-order valence-corrected chi connectivity index (χ4v) is 2.76. The van der Waals surface area contributed by atoms with Gasteiger partial charge in [-0.25, -0.2) is 8.78 Å². The summed E-state index contributed by atoms with van der Waals surface area (Å²) in [5.74, 6) is -0.678. The van der Waals surface area contributed by atoms with Crippen LogP contribution in [0.3, 0.4) is 0 Å². The van der Waals surface area contributed by atoms with Crippen LogP contribution in [-0.4, -0.2) is 0 Å². The quantitative estimate of drug-likeness (QED) is 0.552. The Kier molecular flexibility index (Phi) is 5.11. The maximum absolute atomic E-state index is 13.9. The van der Waals surface area contributed by atoms with Crippen LogP contribution in [0.2, 0.25) is 0 Å². The van der Waals surface area contributed by atoms with E-state index in [1.165, 1.54) is 24.3 Å². The summed E-state index contributed by atoms with van der Waals surface area (Å²) in [6.45, 7) is 0.582. The van der Waals surface area contributed by atoms with Gasteiger partial charge in [-0.15, -0.1) is 0 Å². The third-order valence-electron chi connectivity index (χ3n) is 3.49. The zero-order chi connectivity index (χ0) is 16.9. The van der Waals surface area contributed by atoms with Crippen LogP contribution in [0.1, 0.15) is 5.56 Å². The molecule has 2 N–H and O–H groups in total. The first kappa shape index (κ1) is 16.5. The first-order chi connectivity index (χ1) is 11.6. The maximum Gasteiger partial charge on any atom is 0.127 e. The number of halogens is 3. The van der Waals surface area contributed by atoms with Gasteiger partial charge in [0.1, 0.15) is 11.6 Å². The van der Waals surface area contributed by atoms with Crippen molar-refractivity contribution in [1.82, 2.24) is 0 Å². The van der Waals surface area contributed by atoms with Gasteiger partial charge in [-0.1, -0.05) is 30.3 Å². The fraction of sp³-hybridized carbons (Fsp3) is 0.0526. The summed E-state index contributed by atoms with van der Waals surface area (Å²) in [6, 6.07) is 18.6. The molecule has 0 aliphatic rings. The smallest absolute Gasteiger partial charge is 0.127 e. The van der Waals surface area contributed by atoms with E-state index in [-0.39, 0.29) is 11.6 Å². The van der Waals surface area contributed by atoms with E-state index in [0.717, 1.165) is 5.56 Å². The summed E-state index contributed by atoms with van der Waals surface area (Å²) >= 11 is 3.50. The normalized spacial score (nSPS) is 10.5. The van der Waals surface area contributed by atoms with Crippen LogP contribution in [0.5, 0.6) is 0 Å². The second-order valence-electron chi connectivity index (χ2n) is 5.29. The fourth-order valence-electron chi connectivity index (χ4n) is 2.29. The molecule has 3 rings (SSSR count). The molecule has 0 amide bonds. The van der Waals surface area contributed by atoms with E-state index in [0.29, 0.717) is 28.1 Å². The molecule has 0 saturated heterocycles. The minimum atomic E-state index is -0.363. The standard InChI is InChI=1S/C19H15BrF2N2/c20-19-17(23-12-13-4-2-1-3-5-13)10-15(22)11-18(19)24-16-8-6-14(21)7-9-16/h1-11,23-24H,12H2. The number of rotatable bonds is 5. The molecule has 0 aliphatic carbocycles. The highest BCUT2D eigenvalue weighted by molar-refractivity contribution is 9.10. The van der Waals surface area contributed by atoms with E-state index in [9.17, 15) is 8.78 Å². The molecular formula is C19H15BrF2N2. The van der Waals surface area contributed by atoms with Crippen molar-refractivity contribution in [3.8, 4) is 0 Å². The van der Waals surface area contributed by atoms with Crippen molar-refractivity contribution < 1.29 is 8.78 Å². The van der Waals surface area contributed by atoms with E-state index < -0.39 is 0 Å². The van der Waals surface area contributed by atoms with Crippen LogP contribution in [0.15, 0.2) is 71.2 Å². The van der Waals surface area contributed by atoms with Gasteiger partial charge in [-0.2, -0.15) is 0 Å². The van der Waals surface area contributed by atoms with Gasteiger partial charge in [0.25, 0.3) is 0 Å². The summed E-state index contributed by atoms with van der Waals surface area (Å²) in [7, 11) is 0. The molecule has 0 atom stereocenters. The van der Waals surface area contributed by atoms with Crippen molar-refractivity contribution in [1.29, 1.82) is 0 Å². The van der Waals surface area contributed by atoms with Gasteiger partial charge in [0, 0.05) is 12.2 Å². The molecule has 3 aromatic rings. The van der Waals surface area contributed by atoms with Gasteiger partial charge in [-0.3, -0.25) is 0 Å². The number of anilines is 3. The molecule has 0 aromatic heterocycles. The SMILES string of the molecule is Fc1ccc(Nc2cc(F)cc(NCc3ccccc3)c2Br)cc1. The lowest BCUT2D eigenvalue weighted by atomic mass is 10.2. The van der Waals surface area contributed by atoms with Crippen molar-refractivity contribution in [2.24, 2.45) is 0 Å². The number of hydrogen-bond donors (Lipinski definition) is 2. The molecule has 0 bridgehead atoms. The Labute approximate surface area is 147 Å². The molecule has 0 fully saturated rings. The summed E-state index contributed by atoms with van der Waals surface area (Å²) in [4.78, 5) is 0. The largest absolute Gasteiger partial charge is 0.380 e. The number of nitrogens with one attached hydrogen (secondary N) is 2. The number of benzene rings is 3. The molecule has 0 heterocycles. The van der Waals surface area contributed by atoms with Crippen LogP contribution in [0.4, 0.5) is 25.8 Å². The summed E-state index contributed by atoms with van der Waals surface area (Å²) in [5.41, 5.74) is 2.99. The minimum Gasteiger partial charge on any atom is -0.380 e.